The molecule has 2 heterocycles. The van der Waals surface area contributed by atoms with Crippen molar-refractivity contribution < 1.29 is 0 Å². The zero-order chi connectivity index (χ0) is 17.9. The molecule has 0 aliphatic carbocycles. The van der Waals surface area contributed by atoms with Gasteiger partial charge < -0.3 is 10.2 Å². The number of aryl methyl sites for hydroxylation is 2. The molecule has 0 fully saturated rings. The van der Waals surface area contributed by atoms with E-state index in [9.17, 15) is 0 Å². The van der Waals surface area contributed by atoms with Crippen LogP contribution < -0.4 is 10.2 Å². The van der Waals surface area contributed by atoms with Crippen LogP contribution in [0.5, 0.6) is 0 Å². The van der Waals surface area contributed by atoms with E-state index in [2.05, 4.69) is 76.7 Å². The summed E-state index contributed by atoms with van der Waals surface area (Å²) < 4.78 is 0. The lowest BCUT2D eigenvalue weighted by molar-refractivity contribution is 0.756. The van der Waals surface area contributed by atoms with Gasteiger partial charge in [-0.25, -0.2) is 9.97 Å². The fourth-order valence-electron chi connectivity index (χ4n) is 3.58. The highest BCUT2D eigenvalue weighted by molar-refractivity contribution is 5.67. The van der Waals surface area contributed by atoms with Crippen LogP contribution in [0.2, 0.25) is 0 Å². The lowest BCUT2D eigenvalue weighted by atomic mass is 10.0. The molecule has 1 unspecified atom stereocenters. The Morgan fingerprint density at radius 1 is 1.00 bits per heavy atom. The molecule has 0 amide bonds. The molecule has 4 nitrogen and oxygen atoms in total. The van der Waals surface area contributed by atoms with Gasteiger partial charge in [0.1, 0.15) is 17.5 Å². The van der Waals surface area contributed by atoms with Crippen molar-refractivity contribution in [2.45, 2.75) is 32.7 Å². The first-order chi connectivity index (χ1) is 12.7. The number of nitrogens with zero attached hydrogens (tertiary/aromatic N) is 3. The van der Waals surface area contributed by atoms with Gasteiger partial charge in [0.2, 0.25) is 0 Å². The third-order valence-electron chi connectivity index (χ3n) is 4.88. The largest absolute Gasteiger partial charge is 0.363 e. The molecule has 1 aromatic heterocycles. The summed E-state index contributed by atoms with van der Waals surface area (Å²) in [6.45, 7) is 5.10. The number of para-hydroxylation sites is 1. The van der Waals surface area contributed by atoms with Crippen molar-refractivity contribution in [3.63, 3.8) is 0 Å². The molecule has 0 saturated carbocycles. The average Bonchev–Trinajstić information content (AvgIpc) is 2.67. The van der Waals surface area contributed by atoms with Gasteiger partial charge in [0, 0.05) is 24.3 Å². The summed E-state index contributed by atoms with van der Waals surface area (Å²) in [6, 6.07) is 21.3. The normalized spacial score (nSPS) is 14.6. The van der Waals surface area contributed by atoms with Crippen LogP contribution in [0.1, 0.15) is 36.3 Å². The van der Waals surface area contributed by atoms with E-state index in [0.717, 1.165) is 36.8 Å². The van der Waals surface area contributed by atoms with Crippen molar-refractivity contribution >= 4 is 17.3 Å². The zero-order valence-corrected chi connectivity index (χ0v) is 15.3. The Bertz CT molecular complexity index is 892. The van der Waals surface area contributed by atoms with Crippen LogP contribution in [0.4, 0.5) is 17.3 Å². The topological polar surface area (TPSA) is 41.1 Å². The molecule has 1 aliphatic rings. The summed E-state index contributed by atoms with van der Waals surface area (Å²) in [6.07, 6.45) is 2.27. The van der Waals surface area contributed by atoms with Gasteiger partial charge in [-0.1, -0.05) is 48.5 Å². The first-order valence-electron chi connectivity index (χ1n) is 9.23. The Kier molecular flexibility index (Phi) is 4.57. The molecular formula is C22H24N4. The molecule has 26 heavy (non-hydrogen) atoms. The molecule has 4 heteroatoms. The summed E-state index contributed by atoms with van der Waals surface area (Å²) in [5, 5.41) is 3.52. The van der Waals surface area contributed by atoms with E-state index in [4.69, 9.17) is 4.98 Å². The lowest BCUT2D eigenvalue weighted by Gasteiger charge is -2.30. The minimum Gasteiger partial charge on any atom is -0.363 e. The van der Waals surface area contributed by atoms with Gasteiger partial charge >= 0.3 is 0 Å². The second-order valence-corrected chi connectivity index (χ2v) is 6.82. The van der Waals surface area contributed by atoms with Crippen molar-refractivity contribution in [1.82, 2.24) is 9.97 Å². The summed E-state index contributed by atoms with van der Waals surface area (Å²) in [4.78, 5) is 11.6. The third kappa shape index (κ3) is 3.40. The van der Waals surface area contributed by atoms with E-state index in [1.165, 1.54) is 16.8 Å². The Hall–Kier alpha value is -2.88. The Morgan fingerprint density at radius 3 is 2.62 bits per heavy atom. The minimum absolute atomic E-state index is 0.187. The molecule has 1 aliphatic heterocycles. The molecule has 0 radical (unpaired) electrons. The summed E-state index contributed by atoms with van der Waals surface area (Å²) in [5.74, 6) is 2.62. The van der Waals surface area contributed by atoms with E-state index in [1.54, 1.807) is 0 Å². The van der Waals surface area contributed by atoms with Gasteiger partial charge in [-0.15, -0.1) is 0 Å². The highest BCUT2D eigenvalue weighted by Crippen LogP contribution is 2.33. The van der Waals surface area contributed by atoms with E-state index in [0.29, 0.717) is 0 Å². The van der Waals surface area contributed by atoms with Gasteiger partial charge in [-0.3, -0.25) is 0 Å². The van der Waals surface area contributed by atoms with E-state index >= 15 is 0 Å². The monoisotopic (exact) mass is 344 g/mol. The van der Waals surface area contributed by atoms with Crippen LogP contribution >= 0.6 is 0 Å². The molecule has 1 N–H and O–H groups in total. The predicted octanol–water partition coefficient (Wildman–Crippen LogP) is 5.04. The first-order valence-corrected chi connectivity index (χ1v) is 9.23. The number of rotatable bonds is 4. The second kappa shape index (κ2) is 7.16. The quantitative estimate of drug-likeness (QED) is 0.720. The number of hydrogen-bond acceptors (Lipinski definition) is 4. The Morgan fingerprint density at radius 2 is 1.77 bits per heavy atom. The maximum Gasteiger partial charge on any atom is 0.138 e. The summed E-state index contributed by atoms with van der Waals surface area (Å²) in [5.41, 5.74) is 3.90. The smallest absolute Gasteiger partial charge is 0.138 e. The number of hydrogen-bond donors (Lipinski definition) is 1. The first kappa shape index (κ1) is 16.6. The predicted molar refractivity (Wildman–Crippen MR) is 107 cm³/mol. The van der Waals surface area contributed by atoms with Gasteiger partial charge in [-0.05, 0) is 43.9 Å². The zero-order valence-electron chi connectivity index (χ0n) is 15.3. The highest BCUT2D eigenvalue weighted by atomic mass is 15.2. The number of fused-ring (bicyclic) bond motifs is 1. The minimum atomic E-state index is 0.187. The molecule has 0 saturated heterocycles. The van der Waals surface area contributed by atoms with Crippen LogP contribution in [0, 0.1) is 6.92 Å². The van der Waals surface area contributed by atoms with Crippen molar-refractivity contribution in [2.24, 2.45) is 0 Å². The van der Waals surface area contributed by atoms with Crippen molar-refractivity contribution in [1.29, 1.82) is 0 Å². The Labute approximate surface area is 154 Å². The maximum atomic E-state index is 4.71. The fraction of sp³-hybridized carbons (Fsp3) is 0.273. The average molecular weight is 344 g/mol. The van der Waals surface area contributed by atoms with Crippen LogP contribution in [-0.2, 0) is 6.42 Å². The van der Waals surface area contributed by atoms with Gasteiger partial charge in [0.25, 0.3) is 0 Å². The van der Waals surface area contributed by atoms with Crippen LogP contribution in [0.15, 0.2) is 60.7 Å². The van der Waals surface area contributed by atoms with Crippen LogP contribution in [0.3, 0.4) is 0 Å². The molecular weight excluding hydrogens is 320 g/mol. The lowest BCUT2D eigenvalue weighted by Crippen LogP contribution is -2.25. The van der Waals surface area contributed by atoms with Crippen molar-refractivity contribution in [3.8, 4) is 0 Å². The summed E-state index contributed by atoms with van der Waals surface area (Å²) in [7, 11) is 0. The number of nitrogens with one attached hydrogen (secondary N) is 1. The van der Waals surface area contributed by atoms with Crippen LogP contribution in [-0.4, -0.2) is 16.5 Å². The molecule has 0 bridgehead atoms. The van der Waals surface area contributed by atoms with Crippen LogP contribution in [0.25, 0.3) is 0 Å². The van der Waals surface area contributed by atoms with Crippen molar-refractivity contribution in [2.75, 3.05) is 16.8 Å². The molecule has 0 spiro atoms. The molecule has 4 rings (SSSR count). The second-order valence-electron chi connectivity index (χ2n) is 6.82. The SMILES string of the molecule is Cc1nc(NC(C)c2ccccc2)cc(N2CCCc3ccccc32)n1. The van der Waals surface area contributed by atoms with Gasteiger partial charge in [0.05, 0.1) is 0 Å². The molecule has 2 aromatic carbocycles. The standard InChI is InChI=1S/C22H24N4/c1-16(18-9-4-3-5-10-18)23-21-15-22(25-17(2)24-21)26-14-8-12-19-11-6-7-13-20(19)26/h3-7,9-11,13,15-16H,8,12,14H2,1-2H3,(H,23,24,25). The third-order valence-corrected chi connectivity index (χ3v) is 4.88. The van der Waals surface area contributed by atoms with E-state index in [1.807, 2.05) is 13.0 Å². The summed E-state index contributed by atoms with van der Waals surface area (Å²) >= 11 is 0. The molecule has 3 aromatic rings. The number of anilines is 3. The van der Waals surface area contributed by atoms with Gasteiger partial charge in [-0.2, -0.15) is 0 Å². The maximum absolute atomic E-state index is 4.71. The van der Waals surface area contributed by atoms with Crippen molar-refractivity contribution in [3.05, 3.63) is 77.6 Å². The van der Waals surface area contributed by atoms with E-state index in [-0.39, 0.29) is 6.04 Å². The fourth-order valence-corrected chi connectivity index (χ4v) is 3.58. The molecule has 132 valence electrons. The molecule has 1 atom stereocenters. The highest BCUT2D eigenvalue weighted by Gasteiger charge is 2.20. The Balaban J connectivity index is 1.63. The van der Waals surface area contributed by atoms with E-state index < -0.39 is 0 Å². The number of benzene rings is 2. The number of aromatic nitrogens is 2. The van der Waals surface area contributed by atoms with Gasteiger partial charge in [0.15, 0.2) is 0 Å².